The first-order chi connectivity index (χ1) is 15.4. The average Bonchev–Trinajstić information content (AvgIpc) is 2.78. The predicted molar refractivity (Wildman–Crippen MR) is 129 cm³/mol. The van der Waals surface area contributed by atoms with E-state index in [9.17, 15) is 4.79 Å². The quantitative estimate of drug-likeness (QED) is 0.479. The number of unbranched alkanes of at least 4 members (excludes halogenated alkanes) is 1. The maximum absolute atomic E-state index is 10.8. The van der Waals surface area contributed by atoms with Crippen LogP contribution in [0.25, 0.3) is 22.5 Å². The predicted octanol–water partition coefficient (Wildman–Crippen LogP) is 5.82. The molecule has 2 heterocycles. The zero-order valence-electron chi connectivity index (χ0n) is 19.1. The van der Waals surface area contributed by atoms with Gasteiger partial charge in [-0.3, -0.25) is 4.79 Å². The van der Waals surface area contributed by atoms with Gasteiger partial charge in [0.1, 0.15) is 0 Å². The molecular weight excluding hydrogens is 398 g/mol. The molecule has 0 spiro atoms. The minimum atomic E-state index is -0.718. The van der Waals surface area contributed by atoms with Crippen LogP contribution in [0.5, 0.6) is 0 Å². The average molecular weight is 430 g/mol. The molecule has 0 saturated carbocycles. The molecular formula is C27H31N3O2. The third-order valence-corrected chi connectivity index (χ3v) is 6.37. The van der Waals surface area contributed by atoms with E-state index in [1.54, 1.807) is 0 Å². The van der Waals surface area contributed by atoms with E-state index in [1.807, 2.05) is 0 Å². The van der Waals surface area contributed by atoms with Gasteiger partial charge in [0.05, 0.1) is 17.1 Å². The Kier molecular flexibility index (Phi) is 6.54. The van der Waals surface area contributed by atoms with Crippen LogP contribution >= 0.6 is 0 Å². The number of carboxylic acids is 1. The number of nitrogens with zero attached hydrogens (tertiary/aromatic N) is 3. The minimum absolute atomic E-state index is 0.240. The molecule has 0 aliphatic carbocycles. The van der Waals surface area contributed by atoms with Gasteiger partial charge in [-0.25, -0.2) is 9.97 Å². The van der Waals surface area contributed by atoms with Crippen LogP contribution in [0, 0.1) is 13.8 Å². The zero-order valence-corrected chi connectivity index (χ0v) is 19.1. The van der Waals surface area contributed by atoms with Gasteiger partial charge in [0.25, 0.3) is 0 Å². The summed E-state index contributed by atoms with van der Waals surface area (Å²) in [5, 5.41) is 8.89. The molecule has 5 nitrogen and oxygen atoms in total. The Morgan fingerprint density at radius 3 is 2.06 bits per heavy atom. The van der Waals surface area contributed by atoms with Crippen LogP contribution in [-0.4, -0.2) is 34.1 Å². The first kappa shape index (κ1) is 22.0. The highest BCUT2D eigenvalue weighted by atomic mass is 16.4. The van der Waals surface area contributed by atoms with E-state index < -0.39 is 5.97 Å². The number of rotatable bonds is 7. The topological polar surface area (TPSA) is 66.3 Å². The number of hydrogen-bond donors (Lipinski definition) is 1. The normalized spacial score (nSPS) is 15.5. The first-order valence-electron chi connectivity index (χ1n) is 11.4. The van der Waals surface area contributed by atoms with Crippen LogP contribution in [0.15, 0.2) is 48.5 Å². The van der Waals surface area contributed by atoms with Crippen LogP contribution in [-0.2, 0) is 11.2 Å². The van der Waals surface area contributed by atoms with Gasteiger partial charge in [-0.2, -0.15) is 0 Å². The maximum atomic E-state index is 10.8. The molecule has 1 N–H and O–H groups in total. The third kappa shape index (κ3) is 4.82. The molecule has 0 saturated heterocycles. The van der Waals surface area contributed by atoms with Gasteiger partial charge in [0.2, 0.25) is 0 Å². The van der Waals surface area contributed by atoms with Crippen molar-refractivity contribution in [2.75, 3.05) is 11.9 Å². The largest absolute Gasteiger partial charge is 0.481 e. The van der Waals surface area contributed by atoms with Crippen molar-refractivity contribution in [2.24, 2.45) is 0 Å². The number of aryl methyl sites for hydroxylation is 3. The molecule has 0 bridgehead atoms. The fourth-order valence-corrected chi connectivity index (χ4v) is 4.40. The second-order valence-corrected chi connectivity index (χ2v) is 8.87. The molecule has 1 unspecified atom stereocenters. The van der Waals surface area contributed by atoms with E-state index in [1.165, 1.54) is 11.1 Å². The highest BCUT2D eigenvalue weighted by Crippen LogP contribution is 2.36. The number of hydrogen-bond acceptors (Lipinski definition) is 4. The molecule has 3 aromatic rings. The van der Waals surface area contributed by atoms with E-state index in [0.717, 1.165) is 66.1 Å². The summed E-state index contributed by atoms with van der Waals surface area (Å²) < 4.78 is 0. The van der Waals surface area contributed by atoms with E-state index in [0.29, 0.717) is 6.04 Å². The molecule has 0 radical (unpaired) electrons. The Morgan fingerprint density at radius 1 is 0.938 bits per heavy atom. The summed E-state index contributed by atoms with van der Waals surface area (Å²) in [5.74, 6) is 0.232. The molecule has 1 aliphatic rings. The number of aromatic nitrogens is 2. The Morgan fingerprint density at radius 2 is 1.50 bits per heavy atom. The van der Waals surface area contributed by atoms with Crippen LogP contribution in [0.1, 0.15) is 48.9 Å². The standard InChI is InChI=1S/C27H31N3O2/c1-18-8-12-20(13-9-18)25-26(21-14-10-19(2)11-15-21)29-27-23(28-25)17-16-22(30(27)3)6-4-5-7-24(31)32/h8-15,22H,4-7,16-17H2,1-3H3,(H,31,32). The third-order valence-electron chi connectivity index (χ3n) is 6.37. The Bertz CT molecular complexity index is 1090. The first-order valence-corrected chi connectivity index (χ1v) is 11.4. The summed E-state index contributed by atoms with van der Waals surface area (Å²) in [5.41, 5.74) is 7.48. The molecule has 166 valence electrons. The van der Waals surface area contributed by atoms with E-state index in [-0.39, 0.29) is 6.42 Å². The number of benzene rings is 2. The Labute approximate surface area is 190 Å². The zero-order chi connectivity index (χ0) is 22.7. The van der Waals surface area contributed by atoms with Gasteiger partial charge in [-0.05, 0) is 39.5 Å². The molecule has 2 aromatic carbocycles. The molecule has 1 aliphatic heterocycles. The number of aliphatic carboxylic acids is 1. The number of carboxylic acid groups (broad SMARTS) is 1. The summed E-state index contributed by atoms with van der Waals surface area (Å²) in [6.07, 6.45) is 4.76. The van der Waals surface area contributed by atoms with Crippen molar-refractivity contribution >= 4 is 11.8 Å². The lowest BCUT2D eigenvalue weighted by Gasteiger charge is -2.35. The molecule has 0 amide bonds. The summed E-state index contributed by atoms with van der Waals surface area (Å²) in [6.45, 7) is 4.18. The lowest BCUT2D eigenvalue weighted by atomic mass is 9.96. The summed E-state index contributed by atoms with van der Waals surface area (Å²) in [4.78, 5) is 23.4. The van der Waals surface area contributed by atoms with Gasteiger partial charge in [0, 0.05) is 30.6 Å². The second kappa shape index (κ2) is 9.51. The van der Waals surface area contributed by atoms with Crippen molar-refractivity contribution in [1.82, 2.24) is 9.97 Å². The number of carbonyl (C=O) groups is 1. The van der Waals surface area contributed by atoms with Crippen LogP contribution in [0.4, 0.5) is 5.82 Å². The molecule has 0 fully saturated rings. The number of fused-ring (bicyclic) bond motifs is 1. The molecule has 4 rings (SSSR count). The molecule has 5 heteroatoms. The van der Waals surface area contributed by atoms with Gasteiger partial charge >= 0.3 is 5.97 Å². The SMILES string of the molecule is Cc1ccc(-c2nc3c(nc2-c2ccc(C)cc2)N(C)C(CCCCC(=O)O)CC3)cc1. The van der Waals surface area contributed by atoms with E-state index >= 15 is 0 Å². The fourth-order valence-electron chi connectivity index (χ4n) is 4.40. The van der Waals surface area contributed by atoms with Crippen LogP contribution in [0.3, 0.4) is 0 Å². The van der Waals surface area contributed by atoms with Gasteiger partial charge in [-0.1, -0.05) is 66.1 Å². The van der Waals surface area contributed by atoms with Crippen molar-refractivity contribution in [3.63, 3.8) is 0 Å². The highest BCUT2D eigenvalue weighted by molar-refractivity contribution is 5.80. The lowest BCUT2D eigenvalue weighted by Crippen LogP contribution is -2.37. The molecule has 1 aromatic heterocycles. The monoisotopic (exact) mass is 429 g/mol. The van der Waals surface area contributed by atoms with E-state index in [4.69, 9.17) is 15.1 Å². The summed E-state index contributed by atoms with van der Waals surface area (Å²) >= 11 is 0. The molecule has 32 heavy (non-hydrogen) atoms. The number of anilines is 1. The van der Waals surface area contributed by atoms with Crippen molar-refractivity contribution in [3.05, 3.63) is 65.4 Å². The Hall–Kier alpha value is -3.21. The van der Waals surface area contributed by atoms with Crippen molar-refractivity contribution in [2.45, 2.75) is 58.4 Å². The van der Waals surface area contributed by atoms with Crippen molar-refractivity contribution in [3.8, 4) is 22.5 Å². The minimum Gasteiger partial charge on any atom is -0.481 e. The smallest absolute Gasteiger partial charge is 0.303 e. The summed E-state index contributed by atoms with van der Waals surface area (Å²) in [6, 6.07) is 17.3. The lowest BCUT2D eigenvalue weighted by molar-refractivity contribution is -0.137. The van der Waals surface area contributed by atoms with Crippen molar-refractivity contribution in [1.29, 1.82) is 0 Å². The highest BCUT2D eigenvalue weighted by Gasteiger charge is 2.27. The van der Waals surface area contributed by atoms with Crippen LogP contribution in [0.2, 0.25) is 0 Å². The van der Waals surface area contributed by atoms with Crippen LogP contribution < -0.4 is 4.90 Å². The van der Waals surface area contributed by atoms with Gasteiger partial charge in [0.15, 0.2) is 5.82 Å². The fraction of sp³-hybridized carbons (Fsp3) is 0.370. The van der Waals surface area contributed by atoms with E-state index in [2.05, 4.69) is 74.3 Å². The summed E-state index contributed by atoms with van der Waals surface area (Å²) in [7, 11) is 2.10. The van der Waals surface area contributed by atoms with Gasteiger partial charge < -0.3 is 10.0 Å². The van der Waals surface area contributed by atoms with Gasteiger partial charge in [-0.15, -0.1) is 0 Å². The van der Waals surface area contributed by atoms with Crippen molar-refractivity contribution < 1.29 is 9.90 Å². The second-order valence-electron chi connectivity index (χ2n) is 8.87. The maximum Gasteiger partial charge on any atom is 0.303 e. The molecule has 1 atom stereocenters. The Balaban J connectivity index is 1.69.